The van der Waals surface area contributed by atoms with E-state index in [9.17, 15) is 15.8 Å². The van der Waals surface area contributed by atoms with Crippen molar-refractivity contribution < 1.29 is 4.42 Å². The van der Waals surface area contributed by atoms with Crippen LogP contribution in [0.15, 0.2) is 441 Å². The zero-order valence-electron chi connectivity index (χ0n) is 73.7. The highest BCUT2D eigenvalue weighted by Gasteiger charge is 2.24. The Bertz CT molecular complexity index is 9360. The van der Waals surface area contributed by atoms with Crippen molar-refractivity contribution in [3.8, 4) is 137 Å². The number of nitrogens with zero attached hydrogens (tertiary/aromatic N) is 12. The molecule has 0 bridgehead atoms. The van der Waals surface area contributed by atoms with Crippen molar-refractivity contribution in [3.05, 3.63) is 453 Å². The summed E-state index contributed by atoms with van der Waals surface area (Å²) in [6.45, 7) is 0. The Morgan fingerprint density at radius 1 is 0.188 bits per heavy atom. The maximum absolute atomic E-state index is 9.56. The lowest BCUT2D eigenvalue weighted by Crippen LogP contribution is -1.98. The number of nitriles is 3. The van der Waals surface area contributed by atoms with Gasteiger partial charge >= 0.3 is 0 Å². The van der Waals surface area contributed by atoms with Gasteiger partial charge in [0.25, 0.3) is 0 Å². The van der Waals surface area contributed by atoms with Gasteiger partial charge < -0.3 is 18.1 Å². The second-order valence-corrected chi connectivity index (χ2v) is 36.3. The van der Waals surface area contributed by atoms with E-state index in [2.05, 4.69) is 311 Å². The van der Waals surface area contributed by atoms with E-state index in [-0.39, 0.29) is 0 Å². The van der Waals surface area contributed by atoms with Gasteiger partial charge in [0.1, 0.15) is 11.2 Å². The summed E-state index contributed by atoms with van der Waals surface area (Å²) in [6, 6.07) is 156. The predicted molar refractivity (Wildman–Crippen MR) is 565 cm³/mol. The molecule has 642 valence electrons. The lowest BCUT2D eigenvalue weighted by Gasteiger charge is -2.12. The molecule has 13 nitrogen and oxygen atoms in total. The molecule has 0 aliphatic heterocycles. The highest BCUT2D eigenvalue weighted by molar-refractivity contribution is 7.26. The molecule has 0 saturated carbocycles. The Hall–Kier alpha value is -18.7. The van der Waals surface area contributed by atoms with Crippen molar-refractivity contribution in [1.29, 1.82) is 15.8 Å². The molecular formula is C123H72N12OS2. The number of hydrogen-bond donors (Lipinski definition) is 0. The summed E-state index contributed by atoms with van der Waals surface area (Å²) in [5, 5.41) is 43.0. The van der Waals surface area contributed by atoms with Crippen molar-refractivity contribution in [2.45, 2.75) is 0 Å². The Kier molecular flexibility index (Phi) is 20.1. The highest BCUT2D eigenvalue weighted by atomic mass is 32.1. The minimum Gasteiger partial charge on any atom is -0.456 e. The van der Waals surface area contributed by atoms with Crippen LogP contribution in [0, 0.1) is 34.0 Å². The number of benzene rings is 18. The van der Waals surface area contributed by atoms with E-state index in [1.54, 1.807) is 6.07 Å². The molecule has 9 aromatic heterocycles. The Morgan fingerprint density at radius 2 is 0.500 bits per heavy atom. The summed E-state index contributed by atoms with van der Waals surface area (Å²) < 4.78 is 18.5. The van der Waals surface area contributed by atoms with Crippen molar-refractivity contribution >= 4 is 150 Å². The molecule has 0 amide bonds. The van der Waals surface area contributed by atoms with Gasteiger partial charge in [0.05, 0.1) is 102 Å². The van der Waals surface area contributed by atoms with Gasteiger partial charge in [-0.2, -0.15) is 15.8 Å². The number of aromatic nitrogens is 9. The van der Waals surface area contributed by atoms with Gasteiger partial charge in [0.15, 0.2) is 17.5 Å². The van der Waals surface area contributed by atoms with Crippen LogP contribution < -0.4 is 0 Å². The molecule has 15 heteroatoms. The number of para-hydroxylation sites is 4. The standard InChI is InChI=1S/C41H24N4O.2C41H24N4S/c2*42-25-26-10-8-13-28(20-26)36-24-35(27-11-2-1-3-12-27)43-41(44-36)29-14-9-15-30(21-29)45-37-18-6-4-16-31(37)33-23-40-34(22-38(33)45)32-17-5-7-19-39(32)46-40;42-25-26-17-19-28(20-18-26)36-24-35(27-9-2-1-3-10-27)43-41(44-36)29-11-8-12-30(21-29)45-37-15-6-4-13-31(37)33-23-40-34(22-38(33)45)32-14-5-7-16-39(32)46-40/h3*1-24H. The number of thiophene rings is 2. The van der Waals surface area contributed by atoms with Crippen molar-refractivity contribution in [2.24, 2.45) is 0 Å². The molecule has 0 spiro atoms. The molecular weight excluding hydrogens is 1730 g/mol. The van der Waals surface area contributed by atoms with Crippen molar-refractivity contribution in [3.63, 3.8) is 0 Å². The normalized spacial score (nSPS) is 11.5. The van der Waals surface area contributed by atoms with Crippen LogP contribution in [0.2, 0.25) is 0 Å². The van der Waals surface area contributed by atoms with Crippen molar-refractivity contribution in [2.75, 3.05) is 0 Å². The van der Waals surface area contributed by atoms with Gasteiger partial charge in [-0.1, -0.05) is 273 Å². The minimum atomic E-state index is 0.590. The van der Waals surface area contributed by atoms with E-state index in [0.717, 1.165) is 156 Å². The number of hydrogen-bond acceptors (Lipinski definition) is 12. The molecule has 27 aromatic rings. The molecule has 18 aromatic carbocycles. The molecule has 0 radical (unpaired) electrons. The average molecular weight is 1800 g/mol. The van der Waals surface area contributed by atoms with Crippen LogP contribution in [-0.2, 0) is 0 Å². The van der Waals surface area contributed by atoms with Gasteiger partial charge in [-0.05, 0) is 164 Å². The Balaban J connectivity index is 0.000000110. The zero-order chi connectivity index (χ0) is 91.8. The van der Waals surface area contributed by atoms with Gasteiger partial charge in [-0.25, -0.2) is 29.9 Å². The molecule has 0 aliphatic carbocycles. The van der Waals surface area contributed by atoms with Crippen LogP contribution in [0.1, 0.15) is 16.7 Å². The summed E-state index contributed by atoms with van der Waals surface area (Å²) in [5.74, 6) is 1.90. The SMILES string of the molecule is N#Cc1ccc(-c2cc(-c3ccccc3)nc(-c3cccc(-n4c5ccccc5c5cc6sc7ccccc7c6cc54)c3)n2)cc1.N#Cc1cccc(-c2cc(-c3ccccc3)nc(-c3cccc(-n4c5ccccc5c5cc6oc7ccccc7c6cc54)c3)n2)c1.N#Cc1cccc(-c2cc(-c3ccccc3)nc(-c3cccc(-n4c5ccccc5c5cc6sc7ccccc7c6cc54)c3)n2)c1. The molecule has 9 heterocycles. The number of fused-ring (bicyclic) bond motifs is 18. The van der Waals surface area contributed by atoms with E-state index in [1.165, 1.54) is 72.9 Å². The smallest absolute Gasteiger partial charge is 0.160 e. The van der Waals surface area contributed by atoms with E-state index >= 15 is 0 Å². The molecule has 0 atom stereocenters. The first-order valence-corrected chi connectivity index (χ1v) is 47.0. The third-order valence-electron chi connectivity index (χ3n) is 25.9. The first-order chi connectivity index (χ1) is 68.2. The van der Waals surface area contributed by atoms with Crippen LogP contribution in [0.25, 0.3) is 246 Å². The first-order valence-electron chi connectivity index (χ1n) is 45.4. The second kappa shape index (κ2) is 34.2. The fraction of sp³-hybridized carbons (Fsp3) is 0. The lowest BCUT2D eigenvalue weighted by molar-refractivity contribution is 0.669. The van der Waals surface area contributed by atoms with E-state index < -0.39 is 0 Å². The van der Waals surface area contributed by atoms with Crippen LogP contribution in [0.5, 0.6) is 0 Å². The fourth-order valence-corrected chi connectivity index (χ4v) is 21.7. The van der Waals surface area contributed by atoms with E-state index in [1.807, 2.05) is 174 Å². The third kappa shape index (κ3) is 14.6. The van der Waals surface area contributed by atoms with Crippen LogP contribution in [-0.4, -0.2) is 43.6 Å². The number of rotatable bonds is 12. The van der Waals surface area contributed by atoms with Gasteiger partial charge in [-0.15, -0.1) is 22.7 Å². The fourth-order valence-electron chi connectivity index (χ4n) is 19.4. The summed E-state index contributed by atoms with van der Waals surface area (Å²) in [4.78, 5) is 30.4. The maximum Gasteiger partial charge on any atom is 0.160 e. The second-order valence-electron chi connectivity index (χ2n) is 34.2. The Labute approximate surface area is 798 Å². The summed E-state index contributed by atoms with van der Waals surface area (Å²) in [5.41, 5.74) is 26.8. The van der Waals surface area contributed by atoms with E-state index in [0.29, 0.717) is 34.2 Å². The molecule has 0 saturated heterocycles. The molecule has 27 rings (SSSR count). The van der Waals surface area contributed by atoms with Crippen LogP contribution >= 0.6 is 22.7 Å². The van der Waals surface area contributed by atoms with Crippen LogP contribution in [0.3, 0.4) is 0 Å². The van der Waals surface area contributed by atoms with Crippen molar-refractivity contribution in [1.82, 2.24) is 43.6 Å². The molecule has 0 N–H and O–H groups in total. The van der Waals surface area contributed by atoms with Gasteiger partial charge in [0.2, 0.25) is 0 Å². The molecule has 0 unspecified atom stereocenters. The monoisotopic (exact) mass is 1800 g/mol. The molecule has 0 aliphatic rings. The summed E-state index contributed by atoms with van der Waals surface area (Å²) >= 11 is 3.70. The zero-order valence-corrected chi connectivity index (χ0v) is 75.3. The average Bonchev–Trinajstić information content (AvgIpc) is 1.58. The van der Waals surface area contributed by atoms with E-state index in [4.69, 9.17) is 34.3 Å². The lowest BCUT2D eigenvalue weighted by atomic mass is 10.0. The van der Waals surface area contributed by atoms with Gasteiger partial charge in [0, 0.05) is 151 Å². The molecule has 138 heavy (non-hydrogen) atoms. The topological polar surface area (TPSA) is 177 Å². The quantitative estimate of drug-likeness (QED) is 0.114. The van der Waals surface area contributed by atoms with Gasteiger partial charge in [-0.3, -0.25) is 0 Å². The maximum atomic E-state index is 9.56. The largest absolute Gasteiger partial charge is 0.456 e. The number of furan rings is 1. The molecule has 0 fully saturated rings. The summed E-state index contributed by atoms with van der Waals surface area (Å²) in [6.07, 6.45) is 0. The van der Waals surface area contributed by atoms with Crippen LogP contribution in [0.4, 0.5) is 0 Å². The minimum absolute atomic E-state index is 0.590. The predicted octanol–water partition coefficient (Wildman–Crippen LogP) is 32.0. The summed E-state index contributed by atoms with van der Waals surface area (Å²) in [7, 11) is 0. The third-order valence-corrected chi connectivity index (χ3v) is 28.1. The first kappa shape index (κ1) is 81.3. The highest BCUT2D eigenvalue weighted by Crippen LogP contribution is 2.46. The Morgan fingerprint density at radius 3 is 0.899 bits per heavy atom.